The van der Waals surface area contributed by atoms with Crippen LogP contribution in [0.2, 0.25) is 0 Å². The van der Waals surface area contributed by atoms with Gasteiger partial charge in [0.2, 0.25) is 0 Å². The van der Waals surface area contributed by atoms with Gasteiger partial charge in [-0.05, 0) is 24.3 Å². The van der Waals surface area contributed by atoms with Gasteiger partial charge in [0.15, 0.2) is 0 Å². The van der Waals surface area contributed by atoms with Crippen molar-refractivity contribution in [1.29, 1.82) is 0 Å². The average molecular weight is 258 g/mol. The van der Waals surface area contributed by atoms with E-state index >= 15 is 0 Å². The second kappa shape index (κ2) is 7.66. The number of benzene rings is 2. The van der Waals surface area contributed by atoms with Crippen LogP contribution in [0.5, 0.6) is 5.75 Å². The van der Waals surface area contributed by atoms with Crippen LogP contribution < -0.4 is 4.74 Å². The van der Waals surface area contributed by atoms with Crippen LogP contribution >= 0.6 is 0 Å². The molecule has 0 aliphatic heterocycles. The smallest absolute Gasteiger partial charge is 0.335 e. The molecule has 0 spiro atoms. The predicted octanol–water partition coefficient (Wildman–Crippen LogP) is 2.89. The fraction of sp³-hybridized carbons (Fsp3) is 0.0667. The number of hydrogen-bond donors (Lipinski definition) is 1. The standard InChI is InChI=1S/C8H6O3.C7H8O/c9-5-6-1-3-7(4-2-6)8(10)11;1-8-7-5-3-2-4-6-7/h1-5H,(H,10,11);2-6H,1H3. The summed E-state index contributed by atoms with van der Waals surface area (Å²) in [5.74, 6) is -0.0741. The lowest BCUT2D eigenvalue weighted by Gasteiger charge is -1.93. The van der Waals surface area contributed by atoms with Crippen molar-refractivity contribution in [3.8, 4) is 5.75 Å². The van der Waals surface area contributed by atoms with Crippen LogP contribution in [0.25, 0.3) is 0 Å². The van der Waals surface area contributed by atoms with Gasteiger partial charge in [0, 0.05) is 5.56 Å². The molecule has 0 atom stereocenters. The predicted molar refractivity (Wildman–Crippen MR) is 71.8 cm³/mol. The fourth-order valence-corrected chi connectivity index (χ4v) is 1.26. The highest BCUT2D eigenvalue weighted by atomic mass is 16.5. The van der Waals surface area contributed by atoms with Gasteiger partial charge in [-0.2, -0.15) is 0 Å². The molecule has 2 rings (SSSR count). The molecule has 0 fully saturated rings. The van der Waals surface area contributed by atoms with Gasteiger partial charge in [0.05, 0.1) is 12.7 Å². The Hall–Kier alpha value is -2.62. The maximum absolute atomic E-state index is 10.3. The second-order valence-corrected chi connectivity index (χ2v) is 3.56. The first-order valence-electron chi connectivity index (χ1n) is 5.55. The summed E-state index contributed by atoms with van der Waals surface area (Å²) in [4.78, 5) is 20.5. The number of carbonyl (C=O) groups excluding carboxylic acids is 1. The average Bonchev–Trinajstić information content (AvgIpc) is 2.48. The number of ether oxygens (including phenoxy) is 1. The summed E-state index contributed by atoms with van der Waals surface area (Å²) < 4.78 is 4.91. The van der Waals surface area contributed by atoms with E-state index in [4.69, 9.17) is 9.84 Å². The first-order valence-corrected chi connectivity index (χ1v) is 5.55. The normalized spacial score (nSPS) is 8.89. The van der Waals surface area contributed by atoms with E-state index in [1.165, 1.54) is 24.3 Å². The molecule has 2 aromatic rings. The van der Waals surface area contributed by atoms with E-state index in [9.17, 15) is 9.59 Å². The van der Waals surface area contributed by atoms with Crippen molar-refractivity contribution in [2.75, 3.05) is 7.11 Å². The minimum atomic E-state index is -0.984. The number of aromatic carboxylic acids is 1. The van der Waals surface area contributed by atoms with Gasteiger partial charge in [0.1, 0.15) is 12.0 Å². The van der Waals surface area contributed by atoms with Crippen LogP contribution in [0.4, 0.5) is 0 Å². The summed E-state index contributed by atoms with van der Waals surface area (Å²) >= 11 is 0. The number of carbonyl (C=O) groups is 2. The van der Waals surface area contributed by atoms with E-state index in [1.807, 2.05) is 30.3 Å². The number of aldehydes is 1. The molecule has 0 saturated carbocycles. The van der Waals surface area contributed by atoms with Crippen LogP contribution in [0.1, 0.15) is 20.7 Å². The summed E-state index contributed by atoms with van der Waals surface area (Å²) in [6, 6.07) is 15.4. The Morgan fingerprint density at radius 2 is 1.63 bits per heavy atom. The molecular formula is C15H14O4. The van der Waals surface area contributed by atoms with Crippen molar-refractivity contribution in [2.24, 2.45) is 0 Å². The zero-order chi connectivity index (χ0) is 14.1. The van der Waals surface area contributed by atoms with E-state index in [2.05, 4.69) is 0 Å². The fourth-order valence-electron chi connectivity index (χ4n) is 1.26. The number of carboxylic acid groups (broad SMARTS) is 1. The quantitative estimate of drug-likeness (QED) is 0.860. The summed E-state index contributed by atoms with van der Waals surface area (Å²) in [7, 11) is 1.66. The molecule has 4 heteroatoms. The molecule has 0 radical (unpaired) electrons. The van der Waals surface area contributed by atoms with Crippen LogP contribution in [-0.2, 0) is 0 Å². The third-order valence-corrected chi connectivity index (χ3v) is 2.27. The van der Waals surface area contributed by atoms with Crippen LogP contribution in [0.3, 0.4) is 0 Å². The molecular weight excluding hydrogens is 244 g/mol. The van der Waals surface area contributed by atoms with Crippen LogP contribution in [-0.4, -0.2) is 24.5 Å². The molecule has 0 amide bonds. The molecule has 4 nitrogen and oxygen atoms in total. The summed E-state index contributed by atoms with van der Waals surface area (Å²) in [6.07, 6.45) is 0.672. The lowest BCUT2D eigenvalue weighted by Crippen LogP contribution is -1.95. The van der Waals surface area contributed by atoms with Crippen molar-refractivity contribution in [1.82, 2.24) is 0 Å². The topological polar surface area (TPSA) is 63.6 Å². The van der Waals surface area contributed by atoms with E-state index in [-0.39, 0.29) is 5.56 Å². The Kier molecular flexibility index (Phi) is 5.82. The molecule has 0 saturated heterocycles. The molecule has 1 N–H and O–H groups in total. The monoisotopic (exact) mass is 258 g/mol. The van der Waals surface area contributed by atoms with Crippen LogP contribution in [0.15, 0.2) is 54.6 Å². The Morgan fingerprint density at radius 3 is 2.00 bits per heavy atom. The highest BCUT2D eigenvalue weighted by molar-refractivity contribution is 5.88. The zero-order valence-corrected chi connectivity index (χ0v) is 10.4. The lowest BCUT2D eigenvalue weighted by molar-refractivity contribution is 0.0696. The van der Waals surface area contributed by atoms with Gasteiger partial charge < -0.3 is 9.84 Å². The van der Waals surface area contributed by atoms with E-state index in [1.54, 1.807) is 7.11 Å². The van der Waals surface area contributed by atoms with Crippen molar-refractivity contribution < 1.29 is 19.4 Å². The molecule has 0 aliphatic carbocycles. The van der Waals surface area contributed by atoms with Crippen molar-refractivity contribution >= 4 is 12.3 Å². The van der Waals surface area contributed by atoms with E-state index < -0.39 is 5.97 Å². The third-order valence-electron chi connectivity index (χ3n) is 2.27. The Balaban J connectivity index is 0.000000200. The third kappa shape index (κ3) is 5.04. The van der Waals surface area contributed by atoms with Crippen molar-refractivity contribution in [3.05, 3.63) is 65.7 Å². The van der Waals surface area contributed by atoms with Gasteiger partial charge in [0.25, 0.3) is 0 Å². The highest BCUT2D eigenvalue weighted by Crippen LogP contribution is 2.05. The van der Waals surface area contributed by atoms with Gasteiger partial charge in [-0.3, -0.25) is 4.79 Å². The minimum Gasteiger partial charge on any atom is -0.497 e. The van der Waals surface area contributed by atoms with Gasteiger partial charge in [-0.15, -0.1) is 0 Å². The van der Waals surface area contributed by atoms with Gasteiger partial charge >= 0.3 is 5.97 Å². The summed E-state index contributed by atoms with van der Waals surface area (Å²) in [5, 5.41) is 8.46. The molecule has 2 aromatic carbocycles. The van der Waals surface area contributed by atoms with Crippen molar-refractivity contribution in [3.63, 3.8) is 0 Å². The van der Waals surface area contributed by atoms with E-state index in [0.29, 0.717) is 11.8 Å². The molecule has 0 heterocycles. The zero-order valence-electron chi connectivity index (χ0n) is 10.4. The number of rotatable bonds is 3. The van der Waals surface area contributed by atoms with Crippen molar-refractivity contribution in [2.45, 2.75) is 0 Å². The van der Waals surface area contributed by atoms with Crippen LogP contribution in [0, 0.1) is 0 Å². The maximum Gasteiger partial charge on any atom is 0.335 e. The Labute approximate surface area is 111 Å². The second-order valence-electron chi connectivity index (χ2n) is 3.56. The Bertz CT molecular complexity index is 518. The minimum absolute atomic E-state index is 0.190. The number of carboxylic acids is 1. The number of para-hydroxylation sites is 1. The maximum atomic E-state index is 10.3. The van der Waals surface area contributed by atoms with Gasteiger partial charge in [-0.25, -0.2) is 4.79 Å². The molecule has 0 unspecified atom stereocenters. The number of methoxy groups -OCH3 is 1. The van der Waals surface area contributed by atoms with E-state index in [0.717, 1.165) is 5.75 Å². The molecule has 19 heavy (non-hydrogen) atoms. The summed E-state index contributed by atoms with van der Waals surface area (Å²) in [6.45, 7) is 0. The lowest BCUT2D eigenvalue weighted by atomic mass is 10.1. The number of hydrogen-bond acceptors (Lipinski definition) is 3. The van der Waals surface area contributed by atoms with Gasteiger partial charge in [-0.1, -0.05) is 30.3 Å². The Morgan fingerprint density at radius 1 is 1.05 bits per heavy atom. The molecule has 0 aromatic heterocycles. The highest BCUT2D eigenvalue weighted by Gasteiger charge is 1.99. The SMILES string of the molecule is COc1ccccc1.O=Cc1ccc(C(=O)O)cc1. The largest absolute Gasteiger partial charge is 0.497 e. The summed E-state index contributed by atoms with van der Waals surface area (Å²) in [5.41, 5.74) is 0.672. The first kappa shape index (κ1) is 14.4. The molecule has 0 bridgehead atoms. The molecule has 0 aliphatic rings. The first-order chi connectivity index (χ1) is 9.17. The molecule has 98 valence electrons.